The number of methoxy groups -OCH3 is 3. The molecule has 2 aromatic carbocycles. The van der Waals surface area contributed by atoms with Gasteiger partial charge in [0.15, 0.2) is 11.5 Å². The van der Waals surface area contributed by atoms with Crippen molar-refractivity contribution in [3.8, 4) is 34.1 Å². The van der Waals surface area contributed by atoms with Crippen LogP contribution < -0.4 is 14.2 Å². The summed E-state index contributed by atoms with van der Waals surface area (Å²) in [5.41, 5.74) is 2.38. The molecule has 0 fully saturated rings. The smallest absolute Gasteiger partial charge is 0.165 e. The van der Waals surface area contributed by atoms with E-state index >= 15 is 0 Å². The summed E-state index contributed by atoms with van der Waals surface area (Å²) < 4.78 is 16.7. The van der Waals surface area contributed by atoms with Gasteiger partial charge in [-0.25, -0.2) is 0 Å². The van der Waals surface area contributed by atoms with Crippen molar-refractivity contribution in [2.75, 3.05) is 21.3 Å². The molecule has 2 aromatic rings. The molecule has 5 heteroatoms. The molecule has 0 saturated heterocycles. The predicted octanol–water partition coefficient (Wildman–Crippen LogP) is 4.16. The molecule has 112 valence electrons. The molecule has 0 aliphatic heterocycles. The zero-order chi connectivity index (χ0) is 15.6. The first-order chi connectivity index (χ1) is 10.0. The van der Waals surface area contributed by atoms with E-state index in [9.17, 15) is 5.11 Å². The maximum atomic E-state index is 10.4. The van der Waals surface area contributed by atoms with Crippen LogP contribution in [0, 0.1) is 6.92 Å². The van der Waals surface area contributed by atoms with Crippen LogP contribution in [-0.2, 0) is 0 Å². The zero-order valence-corrected chi connectivity index (χ0v) is 13.9. The van der Waals surface area contributed by atoms with Crippen LogP contribution in [0.1, 0.15) is 5.56 Å². The van der Waals surface area contributed by atoms with Gasteiger partial charge in [0.25, 0.3) is 0 Å². The van der Waals surface area contributed by atoms with E-state index in [0.29, 0.717) is 22.8 Å². The molecule has 0 amide bonds. The van der Waals surface area contributed by atoms with Gasteiger partial charge in [-0.1, -0.05) is 0 Å². The number of phenolic OH excluding ortho intramolecular Hbond substituents is 1. The molecule has 0 unspecified atom stereocenters. The molecule has 0 aliphatic rings. The molecule has 1 N–H and O–H groups in total. The SMILES string of the molecule is COc1cc(OC)c(-c2cc(C)cc(OC)c2O)cc1Br. The Labute approximate surface area is 132 Å². The van der Waals surface area contributed by atoms with Gasteiger partial charge in [0.2, 0.25) is 0 Å². The lowest BCUT2D eigenvalue weighted by molar-refractivity contribution is 0.373. The Morgan fingerprint density at radius 1 is 0.810 bits per heavy atom. The van der Waals surface area contributed by atoms with Crippen molar-refractivity contribution in [3.63, 3.8) is 0 Å². The van der Waals surface area contributed by atoms with Crippen LogP contribution in [0.3, 0.4) is 0 Å². The standard InChI is InChI=1S/C16H17BrO4/c1-9-5-11(16(18)15(6-9)21-4)10-7-12(17)14(20-3)8-13(10)19-2/h5-8,18H,1-4H3. The first-order valence-corrected chi connectivity index (χ1v) is 7.10. The maximum absolute atomic E-state index is 10.4. The van der Waals surface area contributed by atoms with E-state index in [-0.39, 0.29) is 5.75 Å². The van der Waals surface area contributed by atoms with Crippen molar-refractivity contribution in [3.05, 3.63) is 34.3 Å². The quantitative estimate of drug-likeness (QED) is 0.897. The number of halogens is 1. The molecule has 0 saturated carbocycles. The summed E-state index contributed by atoms with van der Waals surface area (Å²) >= 11 is 3.45. The Morgan fingerprint density at radius 2 is 1.43 bits per heavy atom. The lowest BCUT2D eigenvalue weighted by Gasteiger charge is -2.15. The van der Waals surface area contributed by atoms with E-state index in [4.69, 9.17) is 14.2 Å². The van der Waals surface area contributed by atoms with Crippen molar-refractivity contribution in [2.45, 2.75) is 6.92 Å². The number of aryl methyl sites for hydroxylation is 1. The molecule has 0 aromatic heterocycles. The number of rotatable bonds is 4. The second kappa shape index (κ2) is 6.26. The molecule has 0 bridgehead atoms. The van der Waals surface area contributed by atoms with Gasteiger partial charge in [-0.05, 0) is 46.6 Å². The number of benzene rings is 2. The molecule has 0 heterocycles. The molecule has 4 nitrogen and oxygen atoms in total. The Balaban J connectivity index is 2.72. The van der Waals surface area contributed by atoms with Crippen LogP contribution in [0.2, 0.25) is 0 Å². The highest BCUT2D eigenvalue weighted by Gasteiger charge is 2.17. The highest BCUT2D eigenvalue weighted by molar-refractivity contribution is 9.10. The predicted molar refractivity (Wildman–Crippen MR) is 85.6 cm³/mol. The number of hydrogen-bond acceptors (Lipinski definition) is 4. The number of hydrogen-bond donors (Lipinski definition) is 1. The van der Waals surface area contributed by atoms with Gasteiger partial charge < -0.3 is 19.3 Å². The summed E-state index contributed by atoms with van der Waals surface area (Å²) in [5, 5.41) is 10.4. The first kappa shape index (κ1) is 15.5. The van der Waals surface area contributed by atoms with Gasteiger partial charge in [0.1, 0.15) is 11.5 Å². The lowest BCUT2D eigenvalue weighted by atomic mass is 10.0. The molecular weight excluding hydrogens is 336 g/mol. The van der Waals surface area contributed by atoms with Gasteiger partial charge in [0.05, 0.1) is 25.8 Å². The summed E-state index contributed by atoms with van der Waals surface area (Å²) in [5.74, 6) is 1.78. The second-order valence-corrected chi connectivity index (χ2v) is 5.40. The Bertz CT molecular complexity index is 668. The Hall–Kier alpha value is -1.88. The third kappa shape index (κ3) is 2.93. The van der Waals surface area contributed by atoms with E-state index < -0.39 is 0 Å². The summed E-state index contributed by atoms with van der Waals surface area (Å²) in [6.45, 7) is 1.94. The topological polar surface area (TPSA) is 47.9 Å². The van der Waals surface area contributed by atoms with Crippen molar-refractivity contribution in [2.24, 2.45) is 0 Å². The highest BCUT2D eigenvalue weighted by Crippen LogP contribution is 2.45. The number of phenols is 1. The average Bonchev–Trinajstić information content (AvgIpc) is 2.48. The molecular formula is C16H17BrO4. The minimum Gasteiger partial charge on any atom is -0.504 e. The summed E-state index contributed by atoms with van der Waals surface area (Å²) in [7, 11) is 4.70. The molecule has 0 atom stereocenters. The van der Waals surface area contributed by atoms with E-state index in [0.717, 1.165) is 15.6 Å². The average molecular weight is 353 g/mol. The van der Waals surface area contributed by atoms with Crippen molar-refractivity contribution in [1.29, 1.82) is 0 Å². The minimum absolute atomic E-state index is 0.0819. The summed E-state index contributed by atoms with van der Waals surface area (Å²) in [4.78, 5) is 0. The van der Waals surface area contributed by atoms with Gasteiger partial charge in [-0.3, -0.25) is 0 Å². The van der Waals surface area contributed by atoms with Crippen LogP contribution >= 0.6 is 15.9 Å². The fourth-order valence-electron chi connectivity index (χ4n) is 2.18. The minimum atomic E-state index is 0.0819. The van der Waals surface area contributed by atoms with Gasteiger partial charge in [-0.15, -0.1) is 0 Å². The van der Waals surface area contributed by atoms with E-state index in [2.05, 4.69) is 15.9 Å². The van der Waals surface area contributed by atoms with Crippen LogP contribution in [0.5, 0.6) is 23.0 Å². The number of aromatic hydroxyl groups is 1. The van der Waals surface area contributed by atoms with E-state index in [1.807, 2.05) is 19.1 Å². The fourth-order valence-corrected chi connectivity index (χ4v) is 2.68. The van der Waals surface area contributed by atoms with Crippen molar-refractivity contribution >= 4 is 15.9 Å². The van der Waals surface area contributed by atoms with Gasteiger partial charge in [0, 0.05) is 17.2 Å². The van der Waals surface area contributed by atoms with Crippen molar-refractivity contribution in [1.82, 2.24) is 0 Å². The van der Waals surface area contributed by atoms with E-state index in [1.54, 1.807) is 26.4 Å². The Morgan fingerprint density at radius 3 is 2.00 bits per heavy atom. The van der Waals surface area contributed by atoms with Crippen LogP contribution in [0.4, 0.5) is 0 Å². The van der Waals surface area contributed by atoms with E-state index in [1.165, 1.54) is 7.11 Å². The molecule has 0 spiro atoms. The summed E-state index contributed by atoms with van der Waals surface area (Å²) in [6.07, 6.45) is 0. The second-order valence-electron chi connectivity index (χ2n) is 4.55. The summed E-state index contributed by atoms with van der Waals surface area (Å²) in [6, 6.07) is 7.29. The monoisotopic (exact) mass is 352 g/mol. The largest absolute Gasteiger partial charge is 0.504 e. The Kier molecular flexibility index (Phi) is 4.63. The van der Waals surface area contributed by atoms with Gasteiger partial charge in [-0.2, -0.15) is 0 Å². The number of ether oxygens (including phenoxy) is 3. The molecule has 2 rings (SSSR count). The van der Waals surface area contributed by atoms with Gasteiger partial charge >= 0.3 is 0 Å². The first-order valence-electron chi connectivity index (χ1n) is 6.31. The lowest BCUT2D eigenvalue weighted by Crippen LogP contribution is -1.94. The van der Waals surface area contributed by atoms with Crippen LogP contribution in [0.25, 0.3) is 11.1 Å². The highest BCUT2D eigenvalue weighted by atomic mass is 79.9. The molecule has 21 heavy (non-hydrogen) atoms. The van der Waals surface area contributed by atoms with Crippen LogP contribution in [-0.4, -0.2) is 26.4 Å². The van der Waals surface area contributed by atoms with Crippen LogP contribution in [0.15, 0.2) is 28.7 Å². The normalized spacial score (nSPS) is 10.3. The third-order valence-corrected chi connectivity index (χ3v) is 3.82. The maximum Gasteiger partial charge on any atom is 0.165 e. The van der Waals surface area contributed by atoms with Crippen molar-refractivity contribution < 1.29 is 19.3 Å². The molecule has 0 radical (unpaired) electrons. The third-order valence-electron chi connectivity index (χ3n) is 3.20. The zero-order valence-electron chi connectivity index (χ0n) is 12.4. The molecule has 0 aliphatic carbocycles. The fraction of sp³-hybridized carbons (Fsp3) is 0.250.